The fourth-order valence-electron chi connectivity index (χ4n) is 3.97. The van der Waals surface area contributed by atoms with Gasteiger partial charge >= 0.3 is 0 Å². The van der Waals surface area contributed by atoms with Crippen molar-refractivity contribution >= 4 is 11.8 Å². The van der Waals surface area contributed by atoms with Gasteiger partial charge in [0.2, 0.25) is 11.8 Å². The highest BCUT2D eigenvalue weighted by Gasteiger charge is 2.31. The number of benzene rings is 3. The van der Waals surface area contributed by atoms with Gasteiger partial charge in [-0.3, -0.25) is 9.59 Å². The number of unbranched alkanes of at least 4 members (excludes halogenated alkanes) is 1. The van der Waals surface area contributed by atoms with Crippen LogP contribution >= 0.6 is 0 Å². The third-order valence-electron chi connectivity index (χ3n) is 5.89. The molecule has 2 amide bonds. The lowest BCUT2D eigenvalue weighted by atomic mass is 10.0. The lowest BCUT2D eigenvalue weighted by molar-refractivity contribution is -0.141. The Bertz CT molecular complexity index is 1140. The Morgan fingerprint density at radius 2 is 1.58 bits per heavy atom. The Morgan fingerprint density at radius 1 is 0.917 bits per heavy atom. The van der Waals surface area contributed by atoms with Crippen LogP contribution in [0.3, 0.4) is 0 Å². The molecule has 0 aromatic heterocycles. The van der Waals surface area contributed by atoms with Crippen LogP contribution < -0.4 is 14.8 Å². The van der Waals surface area contributed by atoms with Crippen LogP contribution in [0.5, 0.6) is 11.5 Å². The van der Waals surface area contributed by atoms with Crippen LogP contribution in [0.1, 0.15) is 42.5 Å². The molecule has 0 aliphatic rings. The molecule has 3 rings (SSSR count). The SMILES string of the molecule is CCCCNC(=O)[C@@H](c1ccccc1)N(Cc1ccc(F)cc1)C(=O)Cc1ccc(OC)c(OC)c1. The standard InChI is InChI=1S/C29H33FN2O4/c1-4-5-17-31-29(34)28(23-9-7-6-8-10-23)32(20-21-11-14-24(30)15-12-21)27(33)19-22-13-16-25(35-2)26(18-22)36-3/h6-16,18,28H,4-5,17,19-20H2,1-3H3,(H,31,34)/t28-/m1/s1. The van der Waals surface area contributed by atoms with Crippen molar-refractivity contribution in [2.75, 3.05) is 20.8 Å². The molecule has 1 atom stereocenters. The minimum Gasteiger partial charge on any atom is -0.493 e. The maximum atomic E-state index is 13.8. The van der Waals surface area contributed by atoms with Gasteiger partial charge in [0.1, 0.15) is 11.9 Å². The first-order chi connectivity index (χ1) is 17.5. The molecule has 0 spiro atoms. The van der Waals surface area contributed by atoms with E-state index in [1.54, 1.807) is 42.3 Å². The molecule has 0 aliphatic carbocycles. The van der Waals surface area contributed by atoms with E-state index in [1.165, 1.54) is 19.2 Å². The molecule has 0 saturated heterocycles. The molecule has 6 nitrogen and oxygen atoms in total. The average molecular weight is 493 g/mol. The number of carbonyl (C=O) groups excluding carboxylic acids is 2. The number of methoxy groups -OCH3 is 2. The predicted molar refractivity (Wildman–Crippen MR) is 137 cm³/mol. The Balaban J connectivity index is 1.98. The first-order valence-electron chi connectivity index (χ1n) is 12.0. The zero-order valence-corrected chi connectivity index (χ0v) is 21.0. The smallest absolute Gasteiger partial charge is 0.247 e. The first-order valence-corrected chi connectivity index (χ1v) is 12.0. The van der Waals surface area contributed by atoms with Crippen LogP contribution in [-0.2, 0) is 22.6 Å². The maximum Gasteiger partial charge on any atom is 0.247 e. The number of halogens is 1. The molecule has 190 valence electrons. The molecule has 3 aromatic carbocycles. The Labute approximate surface area is 212 Å². The van der Waals surface area contributed by atoms with Gasteiger partial charge < -0.3 is 19.7 Å². The van der Waals surface area contributed by atoms with Gasteiger partial charge in [0.05, 0.1) is 20.6 Å². The Hall–Kier alpha value is -3.87. The highest BCUT2D eigenvalue weighted by Crippen LogP contribution is 2.29. The second kappa shape index (κ2) is 13.3. The van der Waals surface area contributed by atoms with Crippen molar-refractivity contribution in [3.05, 3.63) is 95.3 Å². The van der Waals surface area contributed by atoms with Gasteiger partial charge in [-0.1, -0.05) is 61.9 Å². The van der Waals surface area contributed by atoms with E-state index in [0.29, 0.717) is 23.6 Å². The molecule has 1 N–H and O–H groups in total. The number of hydrogen-bond acceptors (Lipinski definition) is 4. The van der Waals surface area contributed by atoms with E-state index in [2.05, 4.69) is 5.32 Å². The molecule has 0 saturated carbocycles. The van der Waals surface area contributed by atoms with Crippen molar-refractivity contribution in [2.24, 2.45) is 0 Å². The number of ether oxygens (including phenoxy) is 2. The van der Waals surface area contributed by atoms with Crippen molar-refractivity contribution in [3.8, 4) is 11.5 Å². The second-order valence-corrected chi connectivity index (χ2v) is 8.47. The van der Waals surface area contributed by atoms with Crippen LogP contribution in [0.4, 0.5) is 4.39 Å². The predicted octanol–water partition coefficient (Wildman–Crippen LogP) is 5.07. The van der Waals surface area contributed by atoms with Crippen molar-refractivity contribution in [2.45, 2.75) is 38.8 Å². The van der Waals surface area contributed by atoms with E-state index >= 15 is 0 Å². The van der Waals surface area contributed by atoms with Gasteiger partial charge in [0, 0.05) is 13.1 Å². The van der Waals surface area contributed by atoms with E-state index in [4.69, 9.17) is 9.47 Å². The molecule has 0 unspecified atom stereocenters. The summed E-state index contributed by atoms with van der Waals surface area (Å²) in [5.74, 6) is 0.224. The third kappa shape index (κ3) is 7.07. The fourth-order valence-corrected chi connectivity index (χ4v) is 3.97. The molecule has 7 heteroatoms. The molecule has 0 heterocycles. The number of carbonyl (C=O) groups is 2. The lowest BCUT2D eigenvalue weighted by Crippen LogP contribution is -2.44. The minimum atomic E-state index is -0.847. The van der Waals surface area contributed by atoms with Gasteiger partial charge in [-0.05, 0) is 47.4 Å². The Morgan fingerprint density at radius 3 is 2.22 bits per heavy atom. The van der Waals surface area contributed by atoms with Gasteiger partial charge in [0.15, 0.2) is 11.5 Å². The van der Waals surface area contributed by atoms with Crippen LogP contribution in [-0.4, -0.2) is 37.5 Å². The van der Waals surface area contributed by atoms with Crippen molar-refractivity contribution in [3.63, 3.8) is 0 Å². The molecular formula is C29H33FN2O4. The summed E-state index contributed by atoms with van der Waals surface area (Å²) < 4.78 is 24.3. The topological polar surface area (TPSA) is 67.9 Å². The molecule has 0 bridgehead atoms. The van der Waals surface area contributed by atoms with Crippen LogP contribution in [0.15, 0.2) is 72.8 Å². The highest BCUT2D eigenvalue weighted by molar-refractivity contribution is 5.89. The number of hydrogen-bond donors (Lipinski definition) is 1. The number of amides is 2. The summed E-state index contributed by atoms with van der Waals surface area (Å²) in [6.45, 7) is 2.72. The molecule has 0 radical (unpaired) electrons. The van der Waals surface area contributed by atoms with Gasteiger partial charge in [-0.15, -0.1) is 0 Å². The maximum absolute atomic E-state index is 13.8. The zero-order chi connectivity index (χ0) is 25.9. The largest absolute Gasteiger partial charge is 0.493 e. The summed E-state index contributed by atoms with van der Waals surface area (Å²) in [6.07, 6.45) is 1.83. The minimum absolute atomic E-state index is 0.0487. The Kier molecular flexibility index (Phi) is 9.86. The normalized spacial score (nSPS) is 11.4. The quantitative estimate of drug-likeness (QED) is 0.359. The van der Waals surface area contributed by atoms with E-state index in [-0.39, 0.29) is 30.6 Å². The van der Waals surface area contributed by atoms with E-state index in [0.717, 1.165) is 24.0 Å². The van der Waals surface area contributed by atoms with Gasteiger partial charge in [0.25, 0.3) is 0 Å². The van der Waals surface area contributed by atoms with Crippen molar-refractivity contribution < 1.29 is 23.5 Å². The van der Waals surface area contributed by atoms with E-state index < -0.39 is 6.04 Å². The fraction of sp³-hybridized carbons (Fsp3) is 0.310. The summed E-state index contributed by atoms with van der Waals surface area (Å²) in [5.41, 5.74) is 2.15. The summed E-state index contributed by atoms with van der Waals surface area (Å²) in [7, 11) is 3.09. The zero-order valence-electron chi connectivity index (χ0n) is 21.0. The summed E-state index contributed by atoms with van der Waals surface area (Å²) >= 11 is 0. The van der Waals surface area contributed by atoms with Gasteiger partial charge in [-0.25, -0.2) is 4.39 Å². The molecule has 0 aliphatic heterocycles. The van der Waals surface area contributed by atoms with Crippen LogP contribution in [0.2, 0.25) is 0 Å². The van der Waals surface area contributed by atoms with Crippen molar-refractivity contribution in [1.82, 2.24) is 10.2 Å². The molecular weight excluding hydrogens is 459 g/mol. The summed E-state index contributed by atoms with van der Waals surface area (Å²) in [6, 6.07) is 19.6. The number of nitrogens with one attached hydrogen (secondary N) is 1. The van der Waals surface area contributed by atoms with Crippen LogP contribution in [0, 0.1) is 5.82 Å². The van der Waals surface area contributed by atoms with E-state index in [1.807, 2.05) is 37.3 Å². The van der Waals surface area contributed by atoms with Gasteiger partial charge in [-0.2, -0.15) is 0 Å². The number of nitrogens with zero attached hydrogens (tertiary/aromatic N) is 1. The molecule has 3 aromatic rings. The summed E-state index contributed by atoms with van der Waals surface area (Å²) in [4.78, 5) is 28.8. The molecule has 36 heavy (non-hydrogen) atoms. The average Bonchev–Trinajstić information content (AvgIpc) is 2.90. The monoisotopic (exact) mass is 492 g/mol. The first kappa shape index (κ1) is 26.7. The third-order valence-corrected chi connectivity index (χ3v) is 5.89. The number of rotatable bonds is 12. The lowest BCUT2D eigenvalue weighted by Gasteiger charge is -2.32. The van der Waals surface area contributed by atoms with Crippen molar-refractivity contribution in [1.29, 1.82) is 0 Å². The summed E-state index contributed by atoms with van der Waals surface area (Å²) in [5, 5.41) is 2.98. The second-order valence-electron chi connectivity index (χ2n) is 8.47. The highest BCUT2D eigenvalue weighted by atomic mass is 19.1. The van der Waals surface area contributed by atoms with Crippen LogP contribution in [0.25, 0.3) is 0 Å². The molecule has 0 fully saturated rings. The van der Waals surface area contributed by atoms with E-state index in [9.17, 15) is 14.0 Å².